The number of carbonyl (C=O) groups excluding carboxylic acids is 2. The molecule has 38 heavy (non-hydrogen) atoms. The Balaban J connectivity index is 1.13. The van der Waals surface area contributed by atoms with Crippen molar-refractivity contribution in [2.75, 3.05) is 32.9 Å². The maximum absolute atomic E-state index is 12.5. The van der Waals surface area contributed by atoms with Crippen molar-refractivity contribution in [3.8, 4) is 0 Å². The van der Waals surface area contributed by atoms with Crippen molar-refractivity contribution in [2.24, 2.45) is 0 Å². The molecule has 1 heterocycles. The van der Waals surface area contributed by atoms with Crippen molar-refractivity contribution in [1.82, 2.24) is 15.7 Å². The second-order valence-corrected chi connectivity index (χ2v) is 10.4. The Morgan fingerprint density at radius 2 is 1.76 bits per heavy atom. The zero-order chi connectivity index (χ0) is 26.3. The predicted molar refractivity (Wildman–Crippen MR) is 148 cm³/mol. The van der Waals surface area contributed by atoms with Crippen LogP contribution >= 0.6 is 0 Å². The van der Waals surface area contributed by atoms with E-state index in [-0.39, 0.29) is 24.5 Å². The lowest BCUT2D eigenvalue weighted by Crippen LogP contribution is -2.43. The third kappa shape index (κ3) is 6.41. The average Bonchev–Trinajstić information content (AvgIpc) is 2.97. The normalized spacial score (nSPS) is 20.7. The number of benzene rings is 3. The Morgan fingerprint density at radius 3 is 2.58 bits per heavy atom. The summed E-state index contributed by atoms with van der Waals surface area (Å²) in [5.41, 5.74) is 5.51. The molecular weight excluding hydrogens is 478 g/mol. The number of ether oxygens (including phenoxy) is 1. The molecular formula is C31H37N3O4. The molecule has 3 aromatic carbocycles. The monoisotopic (exact) mass is 515 g/mol. The van der Waals surface area contributed by atoms with Crippen LogP contribution in [0.5, 0.6) is 0 Å². The summed E-state index contributed by atoms with van der Waals surface area (Å²) in [7, 11) is 0. The van der Waals surface area contributed by atoms with Crippen molar-refractivity contribution in [1.29, 1.82) is 0 Å². The minimum Gasteiger partial charge on any atom is -0.378 e. The molecule has 2 aliphatic rings. The van der Waals surface area contributed by atoms with Crippen LogP contribution in [-0.2, 0) is 14.4 Å². The molecule has 1 saturated heterocycles. The summed E-state index contributed by atoms with van der Waals surface area (Å²) in [6.45, 7) is 4.25. The van der Waals surface area contributed by atoms with E-state index in [0.29, 0.717) is 43.8 Å². The maximum Gasteiger partial charge on any atom is 0.274 e. The van der Waals surface area contributed by atoms with Crippen LogP contribution in [0.3, 0.4) is 0 Å². The van der Waals surface area contributed by atoms with Crippen molar-refractivity contribution in [3.05, 3.63) is 83.4 Å². The number of nitrogens with one attached hydrogen (secondary N) is 2. The molecule has 5 rings (SSSR count). The number of rotatable bonds is 8. The van der Waals surface area contributed by atoms with Crippen LogP contribution in [0.25, 0.3) is 10.8 Å². The van der Waals surface area contributed by atoms with Crippen LogP contribution in [0.15, 0.2) is 66.7 Å². The smallest absolute Gasteiger partial charge is 0.274 e. The standard InChI is InChI=1S/C31H37N3O4/c1-22(28-11-5-7-24-6-2-3-10-29(24)28)32-27-9-4-8-26(20-27)23-12-14-25(15-13-23)31(36)33-38-21-30(35)34-16-18-37-19-17-34/h2-3,5-7,10-15,22,26-27,32H,4,8-9,16-21H2,1H3,(H,33,36)/t22-,26?,27?/m1/s1. The highest BCUT2D eigenvalue weighted by molar-refractivity contribution is 5.93. The molecule has 7 nitrogen and oxygen atoms in total. The van der Waals surface area contributed by atoms with E-state index in [0.717, 1.165) is 12.8 Å². The van der Waals surface area contributed by atoms with Crippen molar-refractivity contribution in [3.63, 3.8) is 0 Å². The first-order valence-corrected chi connectivity index (χ1v) is 13.7. The zero-order valence-corrected chi connectivity index (χ0v) is 22.0. The lowest BCUT2D eigenvalue weighted by atomic mass is 9.80. The third-order valence-electron chi connectivity index (χ3n) is 7.82. The summed E-state index contributed by atoms with van der Waals surface area (Å²) in [6, 6.07) is 23.6. The van der Waals surface area contributed by atoms with E-state index >= 15 is 0 Å². The first-order valence-electron chi connectivity index (χ1n) is 13.7. The first kappa shape index (κ1) is 26.4. The van der Waals surface area contributed by atoms with Gasteiger partial charge in [-0.3, -0.25) is 14.4 Å². The fourth-order valence-corrected chi connectivity index (χ4v) is 5.75. The third-order valence-corrected chi connectivity index (χ3v) is 7.82. The summed E-state index contributed by atoms with van der Waals surface area (Å²) in [5, 5.41) is 6.48. The van der Waals surface area contributed by atoms with Crippen LogP contribution in [-0.4, -0.2) is 55.7 Å². The van der Waals surface area contributed by atoms with Gasteiger partial charge in [0, 0.05) is 30.7 Å². The van der Waals surface area contributed by atoms with E-state index in [1.165, 1.54) is 34.7 Å². The lowest BCUT2D eigenvalue weighted by Gasteiger charge is -2.32. The number of hydrogen-bond acceptors (Lipinski definition) is 5. The molecule has 3 aromatic rings. The van der Waals surface area contributed by atoms with Gasteiger partial charge < -0.3 is 15.0 Å². The molecule has 0 bridgehead atoms. The molecule has 2 fully saturated rings. The van der Waals surface area contributed by atoms with E-state index in [1.54, 1.807) is 4.90 Å². The highest BCUT2D eigenvalue weighted by Crippen LogP contribution is 2.34. The Morgan fingerprint density at radius 1 is 1.00 bits per heavy atom. The van der Waals surface area contributed by atoms with Gasteiger partial charge in [-0.25, -0.2) is 5.48 Å². The molecule has 1 aliphatic carbocycles. The van der Waals surface area contributed by atoms with Gasteiger partial charge in [-0.2, -0.15) is 0 Å². The molecule has 1 saturated carbocycles. The van der Waals surface area contributed by atoms with Gasteiger partial charge in [0.05, 0.1) is 13.2 Å². The van der Waals surface area contributed by atoms with Gasteiger partial charge >= 0.3 is 0 Å². The van der Waals surface area contributed by atoms with Gasteiger partial charge in [0.15, 0.2) is 6.61 Å². The Hall–Kier alpha value is -3.26. The van der Waals surface area contributed by atoms with E-state index < -0.39 is 0 Å². The van der Waals surface area contributed by atoms with Crippen molar-refractivity contribution < 1.29 is 19.2 Å². The molecule has 1 aliphatic heterocycles. The molecule has 3 atom stereocenters. The lowest BCUT2D eigenvalue weighted by molar-refractivity contribution is -0.142. The molecule has 7 heteroatoms. The minimum absolute atomic E-state index is 0.154. The SMILES string of the molecule is C[C@@H](NC1CCCC(c2ccc(C(=O)NOCC(=O)N3CCOCC3)cc2)C1)c1cccc2ccccc12. The van der Waals surface area contributed by atoms with Crippen LogP contribution in [0.2, 0.25) is 0 Å². The average molecular weight is 516 g/mol. The number of morpholine rings is 1. The minimum atomic E-state index is -0.349. The Bertz CT molecular complexity index is 1230. The van der Waals surface area contributed by atoms with Crippen LogP contribution < -0.4 is 10.8 Å². The van der Waals surface area contributed by atoms with Crippen LogP contribution in [0.4, 0.5) is 0 Å². The number of hydrogen-bond donors (Lipinski definition) is 2. The van der Waals surface area contributed by atoms with E-state index in [4.69, 9.17) is 9.57 Å². The highest BCUT2D eigenvalue weighted by atomic mass is 16.7. The second-order valence-electron chi connectivity index (χ2n) is 10.4. The Kier molecular flexibility index (Phi) is 8.68. The van der Waals surface area contributed by atoms with E-state index in [9.17, 15) is 9.59 Å². The van der Waals surface area contributed by atoms with Gasteiger partial charge in [-0.05, 0) is 66.1 Å². The second kappa shape index (κ2) is 12.5. The molecule has 0 spiro atoms. The topological polar surface area (TPSA) is 79.9 Å². The van der Waals surface area contributed by atoms with Crippen molar-refractivity contribution >= 4 is 22.6 Å². The number of nitrogens with zero attached hydrogens (tertiary/aromatic N) is 1. The summed E-state index contributed by atoms with van der Waals surface area (Å²) in [5.74, 6) is -0.0434. The van der Waals surface area contributed by atoms with Gasteiger partial charge in [-0.1, -0.05) is 61.0 Å². The van der Waals surface area contributed by atoms with Crippen LogP contribution in [0.1, 0.15) is 66.1 Å². The maximum atomic E-state index is 12.5. The van der Waals surface area contributed by atoms with Gasteiger partial charge in [0.1, 0.15) is 0 Å². The van der Waals surface area contributed by atoms with Gasteiger partial charge in [0.2, 0.25) is 0 Å². The summed E-state index contributed by atoms with van der Waals surface area (Å²) < 4.78 is 5.25. The quantitative estimate of drug-likeness (QED) is 0.424. The molecule has 0 aromatic heterocycles. The summed E-state index contributed by atoms with van der Waals surface area (Å²) in [6.07, 6.45) is 4.58. The number of fused-ring (bicyclic) bond motifs is 1. The molecule has 0 radical (unpaired) electrons. The van der Waals surface area contributed by atoms with Crippen LogP contribution in [0, 0.1) is 0 Å². The molecule has 200 valence electrons. The highest BCUT2D eigenvalue weighted by Gasteiger charge is 2.25. The van der Waals surface area contributed by atoms with Gasteiger partial charge in [-0.15, -0.1) is 0 Å². The van der Waals surface area contributed by atoms with Crippen molar-refractivity contribution in [2.45, 2.75) is 50.6 Å². The zero-order valence-electron chi connectivity index (χ0n) is 22.0. The number of amides is 2. The predicted octanol–water partition coefficient (Wildman–Crippen LogP) is 4.74. The molecule has 2 unspecified atom stereocenters. The van der Waals surface area contributed by atoms with E-state index in [2.05, 4.69) is 72.3 Å². The molecule has 2 amide bonds. The molecule has 2 N–H and O–H groups in total. The summed E-state index contributed by atoms with van der Waals surface area (Å²) >= 11 is 0. The fourth-order valence-electron chi connectivity index (χ4n) is 5.75. The Labute approximate surface area is 224 Å². The number of carbonyl (C=O) groups is 2. The fraction of sp³-hybridized carbons (Fsp3) is 0.419. The number of hydroxylamine groups is 1. The first-order chi connectivity index (χ1) is 18.6. The largest absolute Gasteiger partial charge is 0.378 e. The summed E-state index contributed by atoms with van der Waals surface area (Å²) in [4.78, 5) is 31.5. The van der Waals surface area contributed by atoms with E-state index in [1.807, 2.05) is 12.1 Å². The van der Waals surface area contributed by atoms with Gasteiger partial charge in [0.25, 0.3) is 11.8 Å².